The molecular weight excluding hydrogens is 160 g/mol. The molecule has 76 valence electrons. The van der Waals surface area contributed by atoms with E-state index in [-0.39, 0.29) is 0 Å². The van der Waals surface area contributed by atoms with Crippen molar-refractivity contribution in [3.63, 3.8) is 0 Å². The van der Waals surface area contributed by atoms with Gasteiger partial charge in [-0.15, -0.1) is 0 Å². The zero-order valence-corrected chi connectivity index (χ0v) is 8.87. The third-order valence-corrected chi connectivity index (χ3v) is 3.72. The summed E-state index contributed by atoms with van der Waals surface area (Å²) in [6, 6.07) is 2.82. The molecule has 13 heavy (non-hydrogen) atoms. The van der Waals surface area contributed by atoms with Gasteiger partial charge in [0, 0.05) is 24.2 Å². The van der Waals surface area contributed by atoms with Crippen LogP contribution in [0, 0.1) is 0 Å². The van der Waals surface area contributed by atoms with Crippen LogP contribution < -0.4 is 5.73 Å². The van der Waals surface area contributed by atoms with Crippen LogP contribution in [0.2, 0.25) is 0 Å². The van der Waals surface area contributed by atoms with Crippen LogP contribution >= 0.6 is 0 Å². The van der Waals surface area contributed by atoms with Gasteiger partial charge in [0.25, 0.3) is 0 Å². The van der Waals surface area contributed by atoms with Crippen LogP contribution in [0.3, 0.4) is 0 Å². The maximum absolute atomic E-state index is 6.06. The fourth-order valence-corrected chi connectivity index (χ4v) is 3.23. The first-order chi connectivity index (χ1) is 6.18. The summed E-state index contributed by atoms with van der Waals surface area (Å²) in [5.74, 6) is 0. The predicted octanol–water partition coefficient (Wildman–Crippen LogP) is 1.74. The largest absolute Gasteiger partial charge is 0.328 e. The molecule has 2 rings (SSSR count). The van der Waals surface area contributed by atoms with Crippen molar-refractivity contribution < 1.29 is 0 Å². The van der Waals surface area contributed by atoms with Crippen molar-refractivity contribution in [2.24, 2.45) is 5.73 Å². The molecule has 0 saturated carbocycles. The summed E-state index contributed by atoms with van der Waals surface area (Å²) >= 11 is 0. The molecule has 2 nitrogen and oxygen atoms in total. The molecule has 2 heterocycles. The fourth-order valence-electron chi connectivity index (χ4n) is 3.23. The molecule has 0 radical (unpaired) electrons. The normalized spacial score (nSPS) is 41.1. The molecule has 0 amide bonds. The minimum atomic E-state index is 0.469. The van der Waals surface area contributed by atoms with E-state index in [4.69, 9.17) is 5.73 Å². The van der Waals surface area contributed by atoms with Crippen molar-refractivity contribution in [3.8, 4) is 0 Å². The Labute approximate surface area is 81.5 Å². The average molecular weight is 182 g/mol. The third-order valence-electron chi connectivity index (χ3n) is 3.72. The summed E-state index contributed by atoms with van der Waals surface area (Å²) in [7, 11) is 0. The molecule has 2 aliphatic rings. The Balaban J connectivity index is 2.10. The van der Waals surface area contributed by atoms with Gasteiger partial charge in [0.2, 0.25) is 0 Å². The van der Waals surface area contributed by atoms with Crippen LogP contribution in [0.5, 0.6) is 0 Å². The molecule has 0 aromatic rings. The van der Waals surface area contributed by atoms with E-state index in [1.165, 1.54) is 32.1 Å². The summed E-state index contributed by atoms with van der Waals surface area (Å²) in [5.41, 5.74) is 6.06. The van der Waals surface area contributed by atoms with E-state index in [0.717, 1.165) is 12.1 Å². The topological polar surface area (TPSA) is 29.3 Å². The average Bonchev–Trinajstić information content (AvgIpc) is 2.34. The Kier molecular flexibility index (Phi) is 2.61. The first kappa shape index (κ1) is 9.47. The molecule has 2 aliphatic heterocycles. The van der Waals surface area contributed by atoms with Gasteiger partial charge in [-0.1, -0.05) is 0 Å². The number of fused-ring (bicyclic) bond motifs is 2. The van der Waals surface area contributed by atoms with Gasteiger partial charge in [-0.25, -0.2) is 0 Å². The third kappa shape index (κ3) is 1.75. The predicted molar refractivity (Wildman–Crippen MR) is 55.6 cm³/mol. The minimum Gasteiger partial charge on any atom is -0.328 e. The summed E-state index contributed by atoms with van der Waals surface area (Å²) < 4.78 is 0. The smallest absolute Gasteiger partial charge is 0.0116 e. The molecule has 2 saturated heterocycles. The van der Waals surface area contributed by atoms with E-state index in [0.29, 0.717) is 12.1 Å². The zero-order valence-electron chi connectivity index (χ0n) is 8.87. The van der Waals surface area contributed by atoms with Crippen molar-refractivity contribution >= 4 is 0 Å². The van der Waals surface area contributed by atoms with Crippen LogP contribution in [0.4, 0.5) is 0 Å². The molecule has 0 aromatic heterocycles. The molecule has 3 atom stereocenters. The number of rotatable bonds is 1. The van der Waals surface area contributed by atoms with E-state index < -0.39 is 0 Å². The van der Waals surface area contributed by atoms with Crippen LogP contribution in [0.15, 0.2) is 0 Å². The number of hydrogen-bond acceptors (Lipinski definition) is 2. The van der Waals surface area contributed by atoms with Gasteiger partial charge >= 0.3 is 0 Å². The summed E-state index contributed by atoms with van der Waals surface area (Å²) in [6.07, 6.45) is 6.60. The Morgan fingerprint density at radius 1 is 1.08 bits per heavy atom. The van der Waals surface area contributed by atoms with Crippen LogP contribution in [-0.4, -0.2) is 29.1 Å². The molecular formula is C11H22N2. The Morgan fingerprint density at radius 2 is 1.69 bits per heavy atom. The van der Waals surface area contributed by atoms with Gasteiger partial charge in [-0.3, -0.25) is 4.90 Å². The molecule has 0 aliphatic carbocycles. The Morgan fingerprint density at radius 3 is 2.38 bits per heavy atom. The molecule has 2 fully saturated rings. The van der Waals surface area contributed by atoms with Gasteiger partial charge < -0.3 is 5.73 Å². The SMILES string of the molecule is CC(C)N1C2CCC1C[C@H](N)CC2. The highest BCUT2D eigenvalue weighted by Crippen LogP contribution is 2.35. The van der Waals surface area contributed by atoms with Gasteiger partial charge in [-0.2, -0.15) is 0 Å². The van der Waals surface area contributed by atoms with E-state index in [1.807, 2.05) is 0 Å². The Bertz CT molecular complexity index is 179. The lowest BCUT2D eigenvalue weighted by Crippen LogP contribution is -2.40. The summed E-state index contributed by atoms with van der Waals surface area (Å²) in [4.78, 5) is 2.72. The second-order valence-electron chi connectivity index (χ2n) is 5.00. The van der Waals surface area contributed by atoms with Crippen molar-refractivity contribution in [1.29, 1.82) is 0 Å². The van der Waals surface area contributed by atoms with E-state index in [2.05, 4.69) is 18.7 Å². The fraction of sp³-hybridized carbons (Fsp3) is 1.00. The van der Waals surface area contributed by atoms with Crippen LogP contribution in [0.1, 0.15) is 46.0 Å². The lowest BCUT2D eigenvalue weighted by molar-refractivity contribution is 0.149. The molecule has 2 unspecified atom stereocenters. The summed E-state index contributed by atoms with van der Waals surface area (Å²) in [6.45, 7) is 4.64. The molecule has 2 N–H and O–H groups in total. The lowest BCUT2D eigenvalue weighted by atomic mass is 9.98. The van der Waals surface area contributed by atoms with Gasteiger partial charge in [-0.05, 0) is 46.0 Å². The minimum absolute atomic E-state index is 0.469. The highest BCUT2D eigenvalue weighted by Gasteiger charge is 2.37. The number of nitrogens with two attached hydrogens (primary N) is 1. The molecule has 2 bridgehead atoms. The molecule has 0 spiro atoms. The van der Waals surface area contributed by atoms with Crippen molar-refractivity contribution in [2.75, 3.05) is 0 Å². The monoisotopic (exact) mass is 182 g/mol. The molecule has 2 heteroatoms. The van der Waals surface area contributed by atoms with Crippen molar-refractivity contribution in [3.05, 3.63) is 0 Å². The first-order valence-corrected chi connectivity index (χ1v) is 5.71. The maximum Gasteiger partial charge on any atom is 0.0116 e. The van der Waals surface area contributed by atoms with Crippen LogP contribution in [0.25, 0.3) is 0 Å². The highest BCUT2D eigenvalue weighted by atomic mass is 15.2. The Hall–Kier alpha value is -0.0800. The first-order valence-electron chi connectivity index (χ1n) is 5.71. The van der Waals surface area contributed by atoms with Crippen molar-refractivity contribution in [1.82, 2.24) is 4.90 Å². The second kappa shape index (κ2) is 3.58. The zero-order chi connectivity index (χ0) is 9.42. The molecule has 0 aromatic carbocycles. The quantitative estimate of drug-likeness (QED) is 0.669. The second-order valence-corrected chi connectivity index (χ2v) is 5.00. The van der Waals surface area contributed by atoms with Crippen LogP contribution in [-0.2, 0) is 0 Å². The van der Waals surface area contributed by atoms with E-state index in [1.54, 1.807) is 0 Å². The number of hydrogen-bond donors (Lipinski definition) is 1. The van der Waals surface area contributed by atoms with Gasteiger partial charge in [0.1, 0.15) is 0 Å². The van der Waals surface area contributed by atoms with E-state index >= 15 is 0 Å². The lowest BCUT2D eigenvalue weighted by Gasteiger charge is -2.31. The van der Waals surface area contributed by atoms with Gasteiger partial charge in [0.05, 0.1) is 0 Å². The highest BCUT2D eigenvalue weighted by molar-refractivity contribution is 4.94. The van der Waals surface area contributed by atoms with Crippen molar-refractivity contribution in [2.45, 2.75) is 70.1 Å². The van der Waals surface area contributed by atoms with E-state index in [9.17, 15) is 0 Å². The number of nitrogens with zero attached hydrogens (tertiary/aromatic N) is 1. The standard InChI is InChI=1S/C11H22N2/c1-8(2)13-10-4-3-9(12)7-11(13)6-5-10/h8-11H,3-7,12H2,1-2H3/t9-,10?,11?/m1/s1. The van der Waals surface area contributed by atoms with Gasteiger partial charge in [0.15, 0.2) is 0 Å². The summed E-state index contributed by atoms with van der Waals surface area (Å²) in [5, 5.41) is 0. The maximum atomic E-state index is 6.06.